The normalized spacial score (nSPS) is 17.6. The molecule has 0 amide bonds. The zero-order valence-corrected chi connectivity index (χ0v) is 7.12. The highest BCUT2D eigenvalue weighted by molar-refractivity contribution is 4.78. The van der Waals surface area contributed by atoms with E-state index in [0.29, 0.717) is 0 Å². The molecule has 0 rings (SSSR count). The van der Waals surface area contributed by atoms with Gasteiger partial charge in [-0.1, -0.05) is 0 Å². The van der Waals surface area contributed by atoms with Gasteiger partial charge >= 0.3 is 18.4 Å². The molecule has 0 aliphatic carbocycles. The van der Waals surface area contributed by atoms with Crippen LogP contribution < -0.4 is 0 Å². The first-order valence-corrected chi connectivity index (χ1v) is 3.65. The molecular formula is C6H7F7O2. The summed E-state index contributed by atoms with van der Waals surface area (Å²) in [7, 11) is 0. The van der Waals surface area contributed by atoms with E-state index in [9.17, 15) is 30.7 Å². The zero-order chi connectivity index (χ0) is 12.3. The second kappa shape index (κ2) is 4.52. The van der Waals surface area contributed by atoms with E-state index in [4.69, 9.17) is 5.11 Å². The third-order valence-corrected chi connectivity index (χ3v) is 1.36. The molecule has 15 heavy (non-hydrogen) atoms. The summed E-state index contributed by atoms with van der Waals surface area (Å²) in [4.78, 5) is 0. The van der Waals surface area contributed by atoms with Crippen molar-refractivity contribution in [3.63, 3.8) is 0 Å². The zero-order valence-electron chi connectivity index (χ0n) is 7.12. The van der Waals surface area contributed by atoms with Crippen molar-refractivity contribution in [3.8, 4) is 0 Å². The van der Waals surface area contributed by atoms with Gasteiger partial charge in [0.15, 0.2) is 0 Å². The lowest BCUT2D eigenvalue weighted by atomic mass is 10.1. The fraction of sp³-hybridized carbons (Fsp3) is 1.00. The van der Waals surface area contributed by atoms with Crippen LogP contribution in [0.3, 0.4) is 0 Å². The molecule has 1 N–H and O–H groups in total. The van der Waals surface area contributed by atoms with Crippen LogP contribution in [0.15, 0.2) is 0 Å². The number of alkyl halides is 7. The van der Waals surface area contributed by atoms with Crippen LogP contribution in [0.1, 0.15) is 12.8 Å². The quantitative estimate of drug-likeness (QED) is 0.770. The standard InChI is InChI=1S/C6H7F7O2/c7-4(2-1-3-14,5(8,9)10)15-6(11,12)13/h14H,1-3H2. The van der Waals surface area contributed by atoms with E-state index >= 15 is 0 Å². The Labute approximate surface area is 79.6 Å². The third kappa shape index (κ3) is 4.65. The smallest absolute Gasteiger partial charge is 0.396 e. The topological polar surface area (TPSA) is 29.5 Å². The fourth-order valence-corrected chi connectivity index (χ4v) is 0.740. The number of aliphatic hydroxyl groups excluding tert-OH is 1. The Kier molecular flexibility index (Phi) is 4.35. The molecule has 1 unspecified atom stereocenters. The first-order valence-electron chi connectivity index (χ1n) is 3.65. The summed E-state index contributed by atoms with van der Waals surface area (Å²) in [5.41, 5.74) is 0. The van der Waals surface area contributed by atoms with Gasteiger partial charge in [0.1, 0.15) is 0 Å². The Morgan fingerprint density at radius 3 is 1.67 bits per heavy atom. The molecule has 0 bridgehead atoms. The van der Waals surface area contributed by atoms with Crippen LogP contribution in [0, 0.1) is 0 Å². The highest BCUT2D eigenvalue weighted by Crippen LogP contribution is 2.42. The van der Waals surface area contributed by atoms with Gasteiger partial charge in [-0.2, -0.15) is 13.2 Å². The lowest BCUT2D eigenvalue weighted by molar-refractivity contribution is -0.449. The molecule has 0 radical (unpaired) electrons. The van der Waals surface area contributed by atoms with Gasteiger partial charge in [-0.05, 0) is 6.42 Å². The van der Waals surface area contributed by atoms with Crippen molar-refractivity contribution in [1.82, 2.24) is 0 Å². The van der Waals surface area contributed by atoms with Crippen molar-refractivity contribution < 1.29 is 40.6 Å². The van der Waals surface area contributed by atoms with Crippen LogP contribution in [0.5, 0.6) is 0 Å². The first-order chi connectivity index (χ1) is 6.52. The van der Waals surface area contributed by atoms with E-state index in [-0.39, 0.29) is 0 Å². The third-order valence-electron chi connectivity index (χ3n) is 1.36. The molecule has 9 heteroatoms. The molecule has 0 aromatic carbocycles. The number of halogens is 7. The average Bonchev–Trinajstić information content (AvgIpc) is 1.95. The van der Waals surface area contributed by atoms with E-state index in [2.05, 4.69) is 4.74 Å². The molecule has 0 fully saturated rings. The van der Waals surface area contributed by atoms with Crippen LogP contribution >= 0.6 is 0 Å². The molecule has 92 valence electrons. The van der Waals surface area contributed by atoms with Crippen LogP contribution in [0.4, 0.5) is 30.7 Å². The molecule has 0 aliphatic heterocycles. The van der Waals surface area contributed by atoms with E-state index < -0.39 is 37.8 Å². The van der Waals surface area contributed by atoms with E-state index in [1.54, 1.807) is 0 Å². The van der Waals surface area contributed by atoms with Gasteiger partial charge in [-0.25, -0.2) is 9.13 Å². The number of rotatable bonds is 4. The maximum Gasteiger partial charge on any atom is 0.525 e. The molecule has 2 nitrogen and oxygen atoms in total. The summed E-state index contributed by atoms with van der Waals surface area (Å²) < 4.78 is 85.3. The van der Waals surface area contributed by atoms with Gasteiger partial charge in [0.25, 0.3) is 0 Å². The van der Waals surface area contributed by atoms with Gasteiger partial charge in [0, 0.05) is 13.0 Å². The SMILES string of the molecule is OCCCC(F)(OC(F)(F)F)C(F)(F)F. The Morgan fingerprint density at radius 2 is 1.40 bits per heavy atom. The van der Waals surface area contributed by atoms with Gasteiger partial charge in [0.05, 0.1) is 0 Å². The number of ether oxygens (including phenoxy) is 1. The molecular weight excluding hydrogens is 237 g/mol. The van der Waals surface area contributed by atoms with Crippen LogP contribution in [-0.4, -0.2) is 30.1 Å². The predicted molar refractivity (Wildman–Crippen MR) is 33.4 cm³/mol. The van der Waals surface area contributed by atoms with Crippen LogP contribution in [-0.2, 0) is 4.74 Å². The average molecular weight is 244 g/mol. The van der Waals surface area contributed by atoms with Crippen molar-refractivity contribution in [3.05, 3.63) is 0 Å². The molecule has 0 saturated carbocycles. The molecule has 1 atom stereocenters. The van der Waals surface area contributed by atoms with Crippen LogP contribution in [0.2, 0.25) is 0 Å². The van der Waals surface area contributed by atoms with Crippen molar-refractivity contribution in [1.29, 1.82) is 0 Å². The Balaban J connectivity index is 4.71. The molecule has 0 aromatic heterocycles. The second-order valence-electron chi connectivity index (χ2n) is 2.60. The van der Waals surface area contributed by atoms with Gasteiger partial charge in [-0.15, -0.1) is 13.2 Å². The number of hydrogen-bond acceptors (Lipinski definition) is 2. The lowest BCUT2D eigenvalue weighted by Crippen LogP contribution is -2.47. The summed E-state index contributed by atoms with van der Waals surface area (Å²) in [5.74, 6) is -4.81. The van der Waals surface area contributed by atoms with E-state index in [1.807, 2.05) is 0 Å². The molecule has 0 heterocycles. The minimum Gasteiger partial charge on any atom is -0.396 e. The summed E-state index contributed by atoms with van der Waals surface area (Å²) in [6.45, 7) is -0.872. The minimum atomic E-state index is -5.81. The van der Waals surface area contributed by atoms with Gasteiger partial charge in [-0.3, -0.25) is 0 Å². The summed E-state index contributed by atoms with van der Waals surface area (Å²) in [5, 5.41) is 8.12. The van der Waals surface area contributed by atoms with Gasteiger partial charge < -0.3 is 5.11 Å². The van der Waals surface area contributed by atoms with Crippen LogP contribution in [0.25, 0.3) is 0 Å². The van der Waals surface area contributed by atoms with Crippen molar-refractivity contribution >= 4 is 0 Å². The minimum absolute atomic E-state index is 0.800. The summed E-state index contributed by atoms with van der Waals surface area (Å²) in [6.07, 6.45) is -14.0. The second-order valence-corrected chi connectivity index (χ2v) is 2.60. The number of hydrogen-bond donors (Lipinski definition) is 1. The van der Waals surface area contributed by atoms with E-state index in [0.717, 1.165) is 0 Å². The van der Waals surface area contributed by atoms with E-state index in [1.165, 1.54) is 0 Å². The molecule has 0 spiro atoms. The Hall–Kier alpha value is -0.570. The monoisotopic (exact) mass is 244 g/mol. The Morgan fingerprint density at radius 1 is 0.933 bits per heavy atom. The summed E-state index contributed by atoms with van der Waals surface area (Å²) in [6, 6.07) is 0. The highest BCUT2D eigenvalue weighted by Gasteiger charge is 2.61. The maximum absolute atomic E-state index is 12.8. The molecule has 0 aliphatic rings. The highest BCUT2D eigenvalue weighted by atomic mass is 19.4. The van der Waals surface area contributed by atoms with Crippen molar-refractivity contribution in [2.24, 2.45) is 0 Å². The van der Waals surface area contributed by atoms with Crippen molar-refractivity contribution in [2.45, 2.75) is 31.2 Å². The van der Waals surface area contributed by atoms with Gasteiger partial charge in [0.2, 0.25) is 0 Å². The molecule has 0 saturated heterocycles. The first kappa shape index (κ1) is 14.4. The Bertz CT molecular complexity index is 199. The maximum atomic E-state index is 12.8. The van der Waals surface area contributed by atoms with Crippen molar-refractivity contribution in [2.75, 3.05) is 6.61 Å². The number of aliphatic hydroxyl groups is 1. The molecule has 0 aromatic rings. The fourth-order valence-electron chi connectivity index (χ4n) is 0.740. The summed E-state index contributed by atoms with van der Waals surface area (Å²) >= 11 is 0. The largest absolute Gasteiger partial charge is 0.525 e. The lowest BCUT2D eigenvalue weighted by Gasteiger charge is -2.28. The predicted octanol–water partition coefficient (Wildman–Crippen LogP) is 2.52.